The molecule has 0 saturated carbocycles. The normalized spacial score (nSPS) is 10.2. The summed E-state index contributed by atoms with van der Waals surface area (Å²) in [5.41, 5.74) is 1.21. The highest BCUT2D eigenvalue weighted by atomic mass is 32.1. The zero-order valence-electron chi connectivity index (χ0n) is 8.30. The average Bonchev–Trinajstić information content (AvgIpc) is 2.85. The lowest BCUT2D eigenvalue weighted by atomic mass is 10.3. The quantitative estimate of drug-likeness (QED) is 0.843. The van der Waals surface area contributed by atoms with Crippen molar-refractivity contribution >= 4 is 17.4 Å². The lowest BCUT2D eigenvalue weighted by Crippen LogP contribution is -2.26. The first kappa shape index (κ1) is 9.92. The molecule has 5 heteroatoms. The minimum Gasteiger partial charge on any atom is -0.332 e. The van der Waals surface area contributed by atoms with Gasteiger partial charge in [0, 0.05) is 17.3 Å². The fraction of sp³-hybridized carbons (Fsp3) is 0.200. The van der Waals surface area contributed by atoms with Gasteiger partial charge in [0.2, 0.25) is 0 Å². The van der Waals surface area contributed by atoms with E-state index >= 15 is 0 Å². The summed E-state index contributed by atoms with van der Waals surface area (Å²) in [7, 11) is 0. The van der Waals surface area contributed by atoms with Gasteiger partial charge in [-0.3, -0.25) is 4.57 Å². The van der Waals surface area contributed by atoms with Gasteiger partial charge < -0.3 is 5.32 Å². The number of thiophene rings is 1. The van der Waals surface area contributed by atoms with E-state index in [0.717, 1.165) is 0 Å². The fourth-order valence-corrected chi connectivity index (χ4v) is 2.06. The van der Waals surface area contributed by atoms with E-state index < -0.39 is 0 Å². The topological polar surface area (TPSA) is 46.9 Å². The summed E-state index contributed by atoms with van der Waals surface area (Å²) in [5.74, 6) is 0. The fourth-order valence-electron chi connectivity index (χ4n) is 1.21. The third-order valence-corrected chi connectivity index (χ3v) is 3.13. The molecule has 0 unspecified atom stereocenters. The maximum atomic E-state index is 11.5. The highest BCUT2D eigenvalue weighted by molar-refractivity contribution is 7.10. The van der Waals surface area contributed by atoms with Crippen LogP contribution in [0.1, 0.15) is 10.4 Å². The Morgan fingerprint density at radius 1 is 1.67 bits per heavy atom. The molecule has 2 rings (SSSR count). The van der Waals surface area contributed by atoms with Crippen LogP contribution in [0.5, 0.6) is 0 Å². The van der Waals surface area contributed by atoms with Crippen LogP contribution in [0.2, 0.25) is 0 Å². The number of rotatable bonds is 2. The van der Waals surface area contributed by atoms with Gasteiger partial charge >= 0.3 is 6.03 Å². The molecule has 0 aliphatic carbocycles. The number of nitrogens with zero attached hydrogens (tertiary/aromatic N) is 2. The number of nitrogens with one attached hydrogen (secondary N) is 1. The third kappa shape index (κ3) is 2.24. The van der Waals surface area contributed by atoms with E-state index in [4.69, 9.17) is 0 Å². The highest BCUT2D eigenvalue weighted by Gasteiger charge is 2.04. The van der Waals surface area contributed by atoms with E-state index in [1.165, 1.54) is 21.3 Å². The molecule has 0 bridgehead atoms. The zero-order chi connectivity index (χ0) is 10.7. The van der Waals surface area contributed by atoms with Crippen molar-refractivity contribution in [2.24, 2.45) is 0 Å². The number of aromatic nitrogens is 2. The minimum absolute atomic E-state index is 0.152. The number of imidazole rings is 1. The van der Waals surface area contributed by atoms with Crippen molar-refractivity contribution in [1.29, 1.82) is 0 Å². The van der Waals surface area contributed by atoms with Crippen molar-refractivity contribution < 1.29 is 4.79 Å². The predicted molar refractivity (Wildman–Crippen MR) is 58.9 cm³/mol. The molecule has 1 amide bonds. The monoisotopic (exact) mass is 221 g/mol. The molecule has 1 N–H and O–H groups in total. The molecule has 0 aliphatic heterocycles. The van der Waals surface area contributed by atoms with Gasteiger partial charge in [-0.05, 0) is 23.9 Å². The van der Waals surface area contributed by atoms with Crippen molar-refractivity contribution in [2.75, 3.05) is 0 Å². The lowest BCUT2D eigenvalue weighted by molar-refractivity contribution is 0.242. The van der Waals surface area contributed by atoms with Gasteiger partial charge in [-0.1, -0.05) is 0 Å². The van der Waals surface area contributed by atoms with Crippen LogP contribution in [0.4, 0.5) is 4.79 Å². The first-order chi connectivity index (χ1) is 7.27. The van der Waals surface area contributed by atoms with Gasteiger partial charge in [-0.25, -0.2) is 9.78 Å². The molecule has 0 fully saturated rings. The molecule has 2 heterocycles. The molecule has 2 aromatic rings. The number of hydrogen-bond acceptors (Lipinski definition) is 3. The zero-order valence-corrected chi connectivity index (χ0v) is 9.12. The van der Waals surface area contributed by atoms with Crippen molar-refractivity contribution in [2.45, 2.75) is 13.5 Å². The molecular formula is C10H11N3OS. The predicted octanol–water partition coefficient (Wildman–Crippen LogP) is 2.01. The van der Waals surface area contributed by atoms with E-state index in [1.807, 2.05) is 18.4 Å². The van der Waals surface area contributed by atoms with Gasteiger partial charge in [-0.15, -0.1) is 11.3 Å². The molecule has 0 saturated heterocycles. The van der Waals surface area contributed by atoms with Crippen LogP contribution < -0.4 is 5.32 Å². The third-order valence-electron chi connectivity index (χ3n) is 2.11. The van der Waals surface area contributed by atoms with Crippen molar-refractivity contribution in [3.8, 4) is 0 Å². The maximum Gasteiger partial charge on any atom is 0.327 e. The molecule has 0 aromatic carbocycles. The summed E-state index contributed by atoms with van der Waals surface area (Å²) in [6.45, 7) is 2.61. The Kier molecular flexibility index (Phi) is 2.82. The van der Waals surface area contributed by atoms with Crippen LogP contribution in [0, 0.1) is 6.92 Å². The Balaban J connectivity index is 1.95. The van der Waals surface area contributed by atoms with E-state index in [9.17, 15) is 4.79 Å². The SMILES string of the molecule is Cc1ccsc1CNC(=O)n1ccnc1. The number of hydrogen-bond donors (Lipinski definition) is 1. The van der Waals surface area contributed by atoms with E-state index in [0.29, 0.717) is 6.54 Å². The van der Waals surface area contributed by atoms with Crippen LogP contribution in [0.25, 0.3) is 0 Å². The Labute approximate surface area is 91.6 Å². The summed E-state index contributed by atoms with van der Waals surface area (Å²) in [6, 6.07) is 1.89. The number of aryl methyl sites for hydroxylation is 1. The first-order valence-electron chi connectivity index (χ1n) is 4.56. The lowest BCUT2D eigenvalue weighted by Gasteiger charge is -2.04. The van der Waals surface area contributed by atoms with Gasteiger partial charge in [0.1, 0.15) is 6.33 Å². The molecular weight excluding hydrogens is 210 g/mol. The standard InChI is InChI=1S/C10H11N3OS/c1-8-2-5-15-9(8)6-12-10(14)13-4-3-11-7-13/h2-5,7H,6H2,1H3,(H,12,14). The molecule has 2 aromatic heterocycles. The molecule has 78 valence electrons. The van der Waals surface area contributed by atoms with Gasteiger partial charge in [0.25, 0.3) is 0 Å². The van der Waals surface area contributed by atoms with Crippen molar-refractivity contribution in [1.82, 2.24) is 14.9 Å². The Morgan fingerprint density at radius 3 is 3.13 bits per heavy atom. The molecule has 0 atom stereocenters. The highest BCUT2D eigenvalue weighted by Crippen LogP contribution is 2.14. The minimum atomic E-state index is -0.152. The van der Waals surface area contributed by atoms with E-state index in [-0.39, 0.29) is 6.03 Å². The van der Waals surface area contributed by atoms with Crippen LogP contribution in [0.3, 0.4) is 0 Å². The largest absolute Gasteiger partial charge is 0.332 e. The second-order valence-electron chi connectivity index (χ2n) is 3.16. The number of carbonyl (C=O) groups is 1. The van der Waals surface area contributed by atoms with Crippen molar-refractivity contribution in [3.05, 3.63) is 40.6 Å². The molecule has 0 aliphatic rings. The van der Waals surface area contributed by atoms with E-state index in [2.05, 4.69) is 10.3 Å². The summed E-state index contributed by atoms with van der Waals surface area (Å²) < 4.78 is 1.42. The molecule has 0 radical (unpaired) electrons. The molecule has 4 nitrogen and oxygen atoms in total. The second-order valence-corrected chi connectivity index (χ2v) is 4.16. The van der Waals surface area contributed by atoms with Crippen LogP contribution >= 0.6 is 11.3 Å². The van der Waals surface area contributed by atoms with Gasteiger partial charge in [-0.2, -0.15) is 0 Å². The van der Waals surface area contributed by atoms with Crippen LogP contribution in [-0.2, 0) is 6.54 Å². The second kappa shape index (κ2) is 4.27. The Hall–Kier alpha value is -1.62. The summed E-state index contributed by atoms with van der Waals surface area (Å²) in [4.78, 5) is 16.5. The summed E-state index contributed by atoms with van der Waals surface area (Å²) >= 11 is 1.65. The maximum absolute atomic E-state index is 11.5. The summed E-state index contributed by atoms with van der Waals surface area (Å²) in [6.07, 6.45) is 4.68. The van der Waals surface area contributed by atoms with Gasteiger partial charge in [0.15, 0.2) is 0 Å². The Morgan fingerprint density at radius 2 is 2.53 bits per heavy atom. The van der Waals surface area contributed by atoms with Crippen LogP contribution in [-0.4, -0.2) is 15.6 Å². The number of carbonyl (C=O) groups excluding carboxylic acids is 1. The average molecular weight is 221 g/mol. The van der Waals surface area contributed by atoms with Gasteiger partial charge in [0.05, 0.1) is 6.54 Å². The van der Waals surface area contributed by atoms with Crippen LogP contribution in [0.15, 0.2) is 30.2 Å². The smallest absolute Gasteiger partial charge is 0.327 e. The first-order valence-corrected chi connectivity index (χ1v) is 5.44. The Bertz CT molecular complexity index is 447. The molecule has 15 heavy (non-hydrogen) atoms. The number of amides is 1. The molecule has 0 spiro atoms. The van der Waals surface area contributed by atoms with Crippen molar-refractivity contribution in [3.63, 3.8) is 0 Å². The summed E-state index contributed by atoms with van der Waals surface area (Å²) in [5, 5.41) is 4.84. The van der Waals surface area contributed by atoms with E-state index in [1.54, 1.807) is 23.7 Å².